The molecule has 0 fully saturated rings. The zero-order chi connectivity index (χ0) is 17.8. The van der Waals surface area contributed by atoms with E-state index >= 15 is 0 Å². The number of carbonyl (C=O) groups is 1. The highest BCUT2D eigenvalue weighted by Crippen LogP contribution is 2.23. The molecule has 0 bridgehead atoms. The Labute approximate surface area is 147 Å². The van der Waals surface area contributed by atoms with Crippen LogP contribution < -0.4 is 10.2 Å². The van der Waals surface area contributed by atoms with Crippen LogP contribution in [0.2, 0.25) is 0 Å². The Morgan fingerprint density at radius 2 is 1.72 bits per heavy atom. The van der Waals surface area contributed by atoms with E-state index in [1.807, 2.05) is 37.1 Å². The van der Waals surface area contributed by atoms with Crippen molar-refractivity contribution in [3.8, 4) is 6.07 Å². The van der Waals surface area contributed by atoms with Gasteiger partial charge in [0, 0.05) is 12.7 Å². The fourth-order valence-corrected chi connectivity index (χ4v) is 2.72. The van der Waals surface area contributed by atoms with Gasteiger partial charge in [-0.1, -0.05) is 42.5 Å². The van der Waals surface area contributed by atoms with Crippen molar-refractivity contribution < 1.29 is 4.79 Å². The highest BCUT2D eigenvalue weighted by atomic mass is 16.2. The number of fused-ring (bicyclic) bond motifs is 1. The zero-order valence-corrected chi connectivity index (χ0v) is 14.2. The Bertz CT molecular complexity index is 959. The van der Waals surface area contributed by atoms with Crippen LogP contribution in [0.15, 0.2) is 66.7 Å². The molecule has 25 heavy (non-hydrogen) atoms. The van der Waals surface area contributed by atoms with E-state index in [4.69, 9.17) is 5.26 Å². The predicted octanol–water partition coefficient (Wildman–Crippen LogP) is 4.17. The molecular formula is C21H19N3O. The highest BCUT2D eigenvalue weighted by Gasteiger charge is 2.19. The third kappa shape index (κ3) is 3.46. The molecule has 124 valence electrons. The Hall–Kier alpha value is -3.32. The van der Waals surface area contributed by atoms with E-state index < -0.39 is 0 Å². The fourth-order valence-electron chi connectivity index (χ4n) is 2.72. The lowest BCUT2D eigenvalue weighted by molar-refractivity contribution is -0.117. The molecule has 3 rings (SSSR count). The first-order chi connectivity index (χ1) is 12.1. The Morgan fingerprint density at radius 3 is 2.48 bits per heavy atom. The Balaban J connectivity index is 1.79. The second-order valence-electron chi connectivity index (χ2n) is 5.96. The standard InChI is InChI=1S/C21H19N3O/c1-15(21(25)23-20-10-6-5-9-18(20)14-22)24(2)19-12-11-16-7-3-4-8-17(16)13-19/h3-13,15H,1-2H3,(H,23,25)/t15-/m0/s1. The summed E-state index contributed by atoms with van der Waals surface area (Å²) in [5.74, 6) is -0.154. The van der Waals surface area contributed by atoms with Gasteiger partial charge in [-0.05, 0) is 42.0 Å². The first kappa shape index (κ1) is 16.5. The zero-order valence-electron chi connectivity index (χ0n) is 14.2. The fraction of sp³-hybridized carbons (Fsp3) is 0.143. The van der Waals surface area contributed by atoms with Gasteiger partial charge in [0.2, 0.25) is 5.91 Å². The van der Waals surface area contributed by atoms with Crippen LogP contribution >= 0.6 is 0 Å². The van der Waals surface area contributed by atoms with Crippen LogP contribution in [0.25, 0.3) is 10.8 Å². The molecule has 0 saturated heterocycles. The van der Waals surface area contributed by atoms with Gasteiger partial charge in [0.1, 0.15) is 12.1 Å². The van der Waals surface area contributed by atoms with Crippen molar-refractivity contribution in [3.05, 3.63) is 72.3 Å². The minimum atomic E-state index is -0.382. The number of anilines is 2. The SMILES string of the molecule is C[C@@H](C(=O)Nc1ccccc1C#N)N(C)c1ccc2ccccc2c1. The van der Waals surface area contributed by atoms with E-state index in [2.05, 4.69) is 35.7 Å². The molecule has 0 aliphatic carbocycles. The minimum absolute atomic E-state index is 0.154. The minimum Gasteiger partial charge on any atom is -0.363 e. The number of para-hydroxylation sites is 1. The summed E-state index contributed by atoms with van der Waals surface area (Å²) >= 11 is 0. The molecule has 4 nitrogen and oxygen atoms in total. The molecule has 4 heteroatoms. The molecule has 1 amide bonds. The second kappa shape index (κ2) is 7.06. The number of likely N-dealkylation sites (N-methyl/N-ethyl adjacent to an activating group) is 1. The highest BCUT2D eigenvalue weighted by molar-refractivity contribution is 5.98. The van der Waals surface area contributed by atoms with E-state index in [1.54, 1.807) is 24.3 Å². The number of benzene rings is 3. The van der Waals surface area contributed by atoms with Crippen molar-refractivity contribution in [1.29, 1.82) is 5.26 Å². The molecule has 0 unspecified atom stereocenters. The van der Waals surface area contributed by atoms with Gasteiger partial charge in [-0.3, -0.25) is 4.79 Å². The molecule has 3 aromatic carbocycles. The van der Waals surface area contributed by atoms with E-state index in [9.17, 15) is 4.79 Å². The number of carbonyl (C=O) groups excluding carboxylic acids is 1. The van der Waals surface area contributed by atoms with Crippen LogP contribution in [0.5, 0.6) is 0 Å². The molecule has 0 aliphatic heterocycles. The van der Waals surface area contributed by atoms with Crippen LogP contribution in [-0.2, 0) is 4.79 Å². The molecule has 0 saturated carbocycles. The topological polar surface area (TPSA) is 56.1 Å². The quantitative estimate of drug-likeness (QED) is 0.781. The molecule has 3 aromatic rings. The summed E-state index contributed by atoms with van der Waals surface area (Å²) in [6, 6.07) is 23.0. The number of nitrogens with one attached hydrogen (secondary N) is 1. The van der Waals surface area contributed by atoms with Crippen LogP contribution in [0.1, 0.15) is 12.5 Å². The van der Waals surface area contributed by atoms with Crippen LogP contribution in [0.4, 0.5) is 11.4 Å². The van der Waals surface area contributed by atoms with Gasteiger partial charge >= 0.3 is 0 Å². The van der Waals surface area contributed by atoms with Gasteiger partial charge in [-0.2, -0.15) is 5.26 Å². The Morgan fingerprint density at radius 1 is 1.04 bits per heavy atom. The van der Waals surface area contributed by atoms with Crippen molar-refractivity contribution in [1.82, 2.24) is 0 Å². The van der Waals surface area contributed by atoms with E-state index in [0.717, 1.165) is 11.1 Å². The maximum atomic E-state index is 12.6. The molecule has 0 spiro atoms. The van der Waals surface area contributed by atoms with Crippen molar-refractivity contribution >= 4 is 28.1 Å². The largest absolute Gasteiger partial charge is 0.363 e. The second-order valence-corrected chi connectivity index (χ2v) is 5.96. The number of hydrogen-bond donors (Lipinski definition) is 1. The van der Waals surface area contributed by atoms with Gasteiger partial charge in [0.25, 0.3) is 0 Å². The van der Waals surface area contributed by atoms with Gasteiger partial charge in [-0.25, -0.2) is 0 Å². The molecule has 0 aliphatic rings. The summed E-state index contributed by atoms with van der Waals surface area (Å²) in [6.07, 6.45) is 0. The predicted molar refractivity (Wildman–Crippen MR) is 102 cm³/mol. The summed E-state index contributed by atoms with van der Waals surface area (Å²) in [4.78, 5) is 14.5. The maximum Gasteiger partial charge on any atom is 0.246 e. The van der Waals surface area contributed by atoms with Crippen LogP contribution in [0, 0.1) is 11.3 Å². The number of hydrogen-bond acceptors (Lipinski definition) is 3. The monoisotopic (exact) mass is 329 g/mol. The van der Waals surface area contributed by atoms with Crippen LogP contribution in [-0.4, -0.2) is 19.0 Å². The van der Waals surface area contributed by atoms with E-state index in [1.165, 1.54) is 5.39 Å². The molecule has 0 heterocycles. The van der Waals surface area contributed by atoms with Gasteiger partial charge in [0.15, 0.2) is 0 Å². The maximum absolute atomic E-state index is 12.6. The molecule has 1 N–H and O–H groups in total. The average Bonchev–Trinajstić information content (AvgIpc) is 2.66. The summed E-state index contributed by atoms with van der Waals surface area (Å²) in [6.45, 7) is 1.85. The molecule has 0 radical (unpaired) electrons. The van der Waals surface area contributed by atoms with Crippen LogP contribution in [0.3, 0.4) is 0 Å². The summed E-state index contributed by atoms with van der Waals surface area (Å²) < 4.78 is 0. The molecule has 1 atom stereocenters. The Kier molecular flexibility index (Phi) is 4.67. The van der Waals surface area contributed by atoms with E-state index in [0.29, 0.717) is 11.3 Å². The van der Waals surface area contributed by atoms with Gasteiger partial charge in [-0.15, -0.1) is 0 Å². The normalized spacial score (nSPS) is 11.6. The third-order valence-electron chi connectivity index (χ3n) is 4.41. The number of nitrogens with zero attached hydrogens (tertiary/aromatic N) is 2. The first-order valence-corrected chi connectivity index (χ1v) is 8.12. The average molecular weight is 329 g/mol. The van der Waals surface area contributed by atoms with Crippen molar-refractivity contribution in [2.45, 2.75) is 13.0 Å². The lowest BCUT2D eigenvalue weighted by atomic mass is 10.1. The van der Waals surface area contributed by atoms with E-state index in [-0.39, 0.29) is 11.9 Å². The van der Waals surface area contributed by atoms with Crippen molar-refractivity contribution in [3.63, 3.8) is 0 Å². The summed E-state index contributed by atoms with van der Waals surface area (Å²) in [5.41, 5.74) is 1.96. The third-order valence-corrected chi connectivity index (χ3v) is 4.41. The van der Waals surface area contributed by atoms with Crippen molar-refractivity contribution in [2.75, 3.05) is 17.3 Å². The smallest absolute Gasteiger partial charge is 0.246 e. The summed E-state index contributed by atoms with van der Waals surface area (Å²) in [7, 11) is 1.89. The number of rotatable bonds is 4. The number of amides is 1. The lowest BCUT2D eigenvalue weighted by Gasteiger charge is -2.26. The van der Waals surface area contributed by atoms with Crippen molar-refractivity contribution in [2.24, 2.45) is 0 Å². The number of nitriles is 1. The van der Waals surface area contributed by atoms with Gasteiger partial charge < -0.3 is 10.2 Å². The summed E-state index contributed by atoms with van der Waals surface area (Å²) in [5, 5.41) is 14.3. The van der Waals surface area contributed by atoms with Gasteiger partial charge in [0.05, 0.1) is 11.3 Å². The molecule has 0 aromatic heterocycles. The first-order valence-electron chi connectivity index (χ1n) is 8.12. The molecular weight excluding hydrogens is 310 g/mol. The lowest BCUT2D eigenvalue weighted by Crippen LogP contribution is -2.39.